The molecule has 0 N–H and O–H groups in total. The molecule has 0 aromatic heterocycles. The van der Waals surface area contributed by atoms with Crippen LogP contribution in [0.15, 0.2) is 78.9 Å². The first-order valence-corrected chi connectivity index (χ1v) is 7.35. The summed E-state index contributed by atoms with van der Waals surface area (Å²) in [6.45, 7) is 7.72. The van der Waals surface area contributed by atoms with Gasteiger partial charge in [0, 0.05) is 17.1 Å². The molecular formula is C21H18NNa. The first-order chi connectivity index (χ1) is 10.8. The second-order valence-electron chi connectivity index (χ2n) is 5.22. The van der Waals surface area contributed by atoms with Crippen molar-refractivity contribution in [3.8, 4) is 0 Å². The summed E-state index contributed by atoms with van der Waals surface area (Å²) in [6, 6.07) is 27.1. The van der Waals surface area contributed by atoms with Gasteiger partial charge in [0.25, 0.3) is 0 Å². The Kier molecular flexibility index (Phi) is 6.23. The van der Waals surface area contributed by atoms with E-state index in [1.165, 1.54) is 11.3 Å². The average molecular weight is 307 g/mol. The van der Waals surface area contributed by atoms with Gasteiger partial charge in [-0.1, -0.05) is 48.5 Å². The molecule has 0 amide bonds. The van der Waals surface area contributed by atoms with Crippen LogP contribution in [0.3, 0.4) is 0 Å². The molecule has 108 valence electrons. The van der Waals surface area contributed by atoms with E-state index in [4.69, 9.17) is 6.58 Å². The van der Waals surface area contributed by atoms with Crippen LogP contribution in [0, 0.1) is 13.5 Å². The predicted molar refractivity (Wildman–Crippen MR) is 94.6 cm³/mol. The summed E-state index contributed by atoms with van der Waals surface area (Å²) < 4.78 is 0. The number of hydrogen-bond acceptors (Lipinski definition) is 1. The monoisotopic (exact) mass is 307 g/mol. The van der Waals surface area contributed by atoms with Crippen molar-refractivity contribution in [1.29, 1.82) is 0 Å². The first-order valence-electron chi connectivity index (χ1n) is 7.35. The van der Waals surface area contributed by atoms with Gasteiger partial charge in [0.15, 0.2) is 0 Å². The van der Waals surface area contributed by atoms with Gasteiger partial charge in [-0.05, 0) is 30.7 Å². The molecule has 0 fully saturated rings. The van der Waals surface area contributed by atoms with Gasteiger partial charge in [-0.15, -0.1) is 12.1 Å². The van der Waals surface area contributed by atoms with Gasteiger partial charge >= 0.3 is 29.6 Å². The Hall–Kier alpha value is -1.80. The van der Waals surface area contributed by atoms with Gasteiger partial charge in [0.1, 0.15) is 0 Å². The maximum atomic E-state index is 5.58. The van der Waals surface area contributed by atoms with Crippen molar-refractivity contribution in [1.82, 2.24) is 0 Å². The van der Waals surface area contributed by atoms with Gasteiger partial charge < -0.3 is 4.90 Å². The van der Waals surface area contributed by atoms with Gasteiger partial charge in [-0.25, -0.2) is 6.08 Å². The van der Waals surface area contributed by atoms with E-state index in [1.54, 1.807) is 6.08 Å². The van der Waals surface area contributed by atoms with Crippen LogP contribution in [0.25, 0.3) is 6.08 Å². The van der Waals surface area contributed by atoms with Crippen molar-refractivity contribution >= 4 is 23.1 Å². The molecule has 0 unspecified atom stereocenters. The largest absolute Gasteiger partial charge is 1.00 e. The molecule has 0 aliphatic heterocycles. The standard InChI is InChI=1S/C21H18N.Na/c1-3-18-13-15-20(16-14-18)22(19-10-5-4-6-11-19)21-12-8-7-9-17(21)2;/h1,3-16H,2H3;/q-1;+1. The minimum Gasteiger partial charge on any atom is -0.310 e. The number of anilines is 3. The molecule has 0 saturated carbocycles. The summed E-state index contributed by atoms with van der Waals surface area (Å²) in [7, 11) is 0. The molecular weight excluding hydrogens is 289 g/mol. The van der Waals surface area contributed by atoms with Crippen molar-refractivity contribution in [3.05, 3.63) is 96.6 Å². The SMILES string of the molecule is [CH-]=Cc1ccc(N(c2ccccc2)c2ccccc2C)cc1.[Na+]. The second kappa shape index (κ2) is 8.16. The van der Waals surface area contributed by atoms with Crippen LogP contribution >= 0.6 is 0 Å². The zero-order valence-corrected chi connectivity index (χ0v) is 15.6. The molecule has 0 heterocycles. The number of aryl methyl sites for hydroxylation is 1. The number of benzene rings is 3. The molecule has 2 heteroatoms. The van der Waals surface area contributed by atoms with Crippen LogP contribution in [-0.4, -0.2) is 0 Å². The summed E-state index contributed by atoms with van der Waals surface area (Å²) in [4.78, 5) is 2.26. The average Bonchev–Trinajstić information content (AvgIpc) is 2.58. The molecule has 3 aromatic carbocycles. The topological polar surface area (TPSA) is 3.24 Å². The summed E-state index contributed by atoms with van der Waals surface area (Å²) in [5, 5.41) is 0. The van der Waals surface area contributed by atoms with Gasteiger partial charge in [-0.3, -0.25) is 6.58 Å². The maximum Gasteiger partial charge on any atom is 1.00 e. The third-order valence-electron chi connectivity index (χ3n) is 3.71. The fourth-order valence-corrected chi connectivity index (χ4v) is 2.55. The Morgan fingerprint density at radius 3 is 1.91 bits per heavy atom. The van der Waals surface area contributed by atoms with Crippen LogP contribution < -0.4 is 34.5 Å². The van der Waals surface area contributed by atoms with Gasteiger partial charge in [-0.2, -0.15) is 5.56 Å². The first kappa shape index (κ1) is 17.6. The molecule has 0 bridgehead atoms. The van der Waals surface area contributed by atoms with Crippen LogP contribution in [-0.2, 0) is 0 Å². The summed E-state index contributed by atoms with van der Waals surface area (Å²) >= 11 is 0. The number of hydrogen-bond donors (Lipinski definition) is 0. The molecule has 0 saturated heterocycles. The van der Waals surface area contributed by atoms with Crippen molar-refractivity contribution in [2.45, 2.75) is 6.92 Å². The van der Waals surface area contributed by atoms with E-state index < -0.39 is 0 Å². The predicted octanol–water partition coefficient (Wildman–Crippen LogP) is 2.92. The van der Waals surface area contributed by atoms with Crippen LogP contribution in [0.1, 0.15) is 11.1 Å². The van der Waals surface area contributed by atoms with Crippen LogP contribution in [0.4, 0.5) is 17.1 Å². The van der Waals surface area contributed by atoms with Crippen LogP contribution in [0.2, 0.25) is 0 Å². The van der Waals surface area contributed by atoms with Gasteiger partial charge in [0.05, 0.1) is 0 Å². The van der Waals surface area contributed by atoms with Crippen molar-refractivity contribution < 1.29 is 29.6 Å². The summed E-state index contributed by atoms with van der Waals surface area (Å²) in [5.41, 5.74) is 5.69. The summed E-state index contributed by atoms with van der Waals surface area (Å²) in [6.07, 6.45) is 1.62. The Bertz CT molecular complexity index is 763. The minimum absolute atomic E-state index is 0. The van der Waals surface area contributed by atoms with E-state index in [1.807, 2.05) is 18.2 Å². The number of nitrogens with zero attached hydrogens (tertiary/aromatic N) is 1. The minimum atomic E-state index is 0. The van der Waals surface area contributed by atoms with E-state index in [0.29, 0.717) is 0 Å². The van der Waals surface area contributed by atoms with Crippen molar-refractivity contribution in [2.24, 2.45) is 0 Å². The Morgan fingerprint density at radius 1 is 0.739 bits per heavy atom. The molecule has 0 atom stereocenters. The molecule has 3 aromatic rings. The molecule has 3 rings (SSSR count). The Labute approximate surface area is 160 Å². The Morgan fingerprint density at radius 2 is 1.30 bits per heavy atom. The molecule has 0 radical (unpaired) electrons. The molecule has 0 aliphatic carbocycles. The molecule has 0 spiro atoms. The fourth-order valence-electron chi connectivity index (χ4n) is 2.55. The number of para-hydroxylation sites is 2. The number of rotatable bonds is 4. The zero-order valence-electron chi connectivity index (χ0n) is 13.6. The zero-order chi connectivity index (χ0) is 15.4. The van der Waals surface area contributed by atoms with E-state index in [2.05, 4.69) is 72.5 Å². The van der Waals surface area contributed by atoms with E-state index in [9.17, 15) is 0 Å². The normalized spacial score (nSPS) is 9.78. The van der Waals surface area contributed by atoms with Crippen molar-refractivity contribution in [3.63, 3.8) is 0 Å². The fraction of sp³-hybridized carbons (Fsp3) is 0.0476. The van der Waals surface area contributed by atoms with E-state index in [0.717, 1.165) is 16.9 Å². The van der Waals surface area contributed by atoms with E-state index >= 15 is 0 Å². The van der Waals surface area contributed by atoms with E-state index in [-0.39, 0.29) is 29.6 Å². The van der Waals surface area contributed by atoms with Gasteiger partial charge in [0.2, 0.25) is 0 Å². The molecule has 0 aliphatic rings. The smallest absolute Gasteiger partial charge is 0.310 e. The Balaban J connectivity index is 0.00000192. The van der Waals surface area contributed by atoms with Crippen molar-refractivity contribution in [2.75, 3.05) is 4.90 Å². The third kappa shape index (κ3) is 3.94. The molecule has 23 heavy (non-hydrogen) atoms. The maximum absolute atomic E-state index is 5.58. The third-order valence-corrected chi connectivity index (χ3v) is 3.71. The van der Waals surface area contributed by atoms with Crippen LogP contribution in [0.5, 0.6) is 0 Å². The quantitative estimate of drug-likeness (QED) is 0.529. The second-order valence-corrected chi connectivity index (χ2v) is 5.22. The summed E-state index contributed by atoms with van der Waals surface area (Å²) in [5.74, 6) is 0. The molecule has 1 nitrogen and oxygen atoms in total.